The summed E-state index contributed by atoms with van der Waals surface area (Å²) in [5.41, 5.74) is 0. The van der Waals surface area contributed by atoms with Crippen LogP contribution in [0.3, 0.4) is 0 Å². The summed E-state index contributed by atoms with van der Waals surface area (Å²) in [6, 6.07) is 0.0704. The quantitative estimate of drug-likeness (QED) is 0.510. The average molecular weight is 286 g/mol. The summed E-state index contributed by atoms with van der Waals surface area (Å²) >= 11 is 0. The van der Waals surface area contributed by atoms with Gasteiger partial charge in [0.2, 0.25) is 0 Å². The van der Waals surface area contributed by atoms with Crippen LogP contribution in [0.5, 0.6) is 0 Å². The topological polar surface area (TPSA) is 78.4 Å². The second kappa shape index (κ2) is 11.6. The molecule has 5 nitrogen and oxygen atoms in total. The number of unbranched alkanes of at least 4 members (excludes halogenated alkanes) is 2. The highest BCUT2D eigenvalue weighted by atomic mass is 16.4. The number of carboxylic acid groups (broad SMARTS) is 1. The van der Waals surface area contributed by atoms with E-state index in [2.05, 4.69) is 24.5 Å². The number of amides is 2. The van der Waals surface area contributed by atoms with Crippen molar-refractivity contribution in [3.63, 3.8) is 0 Å². The molecule has 0 aliphatic heterocycles. The average Bonchev–Trinajstić information content (AvgIpc) is 2.32. The van der Waals surface area contributed by atoms with Crippen LogP contribution in [-0.4, -0.2) is 29.7 Å². The molecule has 0 radical (unpaired) electrons. The Balaban J connectivity index is 3.45. The van der Waals surface area contributed by atoms with Gasteiger partial charge in [-0.2, -0.15) is 0 Å². The maximum Gasteiger partial charge on any atom is 0.314 e. The summed E-state index contributed by atoms with van der Waals surface area (Å²) in [7, 11) is 0. The zero-order valence-electron chi connectivity index (χ0n) is 13.1. The van der Waals surface area contributed by atoms with E-state index in [1.807, 2.05) is 6.92 Å². The molecule has 0 aromatic rings. The van der Waals surface area contributed by atoms with Crippen molar-refractivity contribution in [1.82, 2.24) is 10.6 Å². The summed E-state index contributed by atoms with van der Waals surface area (Å²) in [6.45, 7) is 7.03. The summed E-state index contributed by atoms with van der Waals surface area (Å²) in [5, 5.41) is 14.2. The summed E-state index contributed by atoms with van der Waals surface area (Å²) in [4.78, 5) is 21.9. The zero-order chi connectivity index (χ0) is 15.4. The first kappa shape index (κ1) is 18.7. The predicted molar refractivity (Wildman–Crippen MR) is 80.8 cm³/mol. The minimum Gasteiger partial charge on any atom is -0.481 e. The molecule has 118 valence electrons. The van der Waals surface area contributed by atoms with E-state index in [1.165, 1.54) is 6.42 Å². The molecule has 2 amide bonds. The van der Waals surface area contributed by atoms with Crippen LogP contribution in [0.15, 0.2) is 0 Å². The molecule has 3 N–H and O–H groups in total. The molecule has 0 heterocycles. The molecule has 0 aromatic carbocycles. The second-order valence-electron chi connectivity index (χ2n) is 5.83. The van der Waals surface area contributed by atoms with Crippen molar-refractivity contribution >= 4 is 12.0 Å². The molecule has 0 saturated carbocycles. The van der Waals surface area contributed by atoms with Gasteiger partial charge >= 0.3 is 12.0 Å². The third kappa shape index (κ3) is 13.2. The van der Waals surface area contributed by atoms with Crippen molar-refractivity contribution in [2.75, 3.05) is 6.54 Å². The SMILES string of the molecule is CC(C)CCCC(C)NC(=O)NCCCCCC(=O)O. The summed E-state index contributed by atoms with van der Waals surface area (Å²) in [5.74, 6) is -0.0484. The molecule has 0 aromatic heterocycles. The molecule has 0 aliphatic carbocycles. The van der Waals surface area contributed by atoms with Gasteiger partial charge < -0.3 is 15.7 Å². The van der Waals surface area contributed by atoms with Crippen molar-refractivity contribution in [3.05, 3.63) is 0 Å². The van der Waals surface area contributed by atoms with E-state index in [-0.39, 0.29) is 18.5 Å². The van der Waals surface area contributed by atoms with Gasteiger partial charge in [0.25, 0.3) is 0 Å². The Kier molecular flexibility index (Phi) is 10.8. The molecule has 5 heteroatoms. The largest absolute Gasteiger partial charge is 0.481 e. The lowest BCUT2D eigenvalue weighted by molar-refractivity contribution is -0.137. The van der Waals surface area contributed by atoms with Crippen molar-refractivity contribution in [2.45, 2.75) is 71.8 Å². The van der Waals surface area contributed by atoms with Gasteiger partial charge in [-0.25, -0.2) is 4.79 Å². The van der Waals surface area contributed by atoms with Crippen LogP contribution in [0, 0.1) is 5.92 Å². The zero-order valence-corrected chi connectivity index (χ0v) is 13.1. The normalized spacial score (nSPS) is 12.2. The van der Waals surface area contributed by atoms with Gasteiger partial charge in [-0.05, 0) is 32.1 Å². The van der Waals surface area contributed by atoms with Crippen molar-refractivity contribution < 1.29 is 14.7 Å². The fourth-order valence-corrected chi connectivity index (χ4v) is 1.96. The maximum atomic E-state index is 11.6. The molecule has 20 heavy (non-hydrogen) atoms. The standard InChI is InChI=1S/C15H30N2O3/c1-12(2)8-7-9-13(3)17-15(20)16-11-6-4-5-10-14(18)19/h12-13H,4-11H2,1-3H3,(H,18,19)(H2,16,17,20). The third-order valence-electron chi connectivity index (χ3n) is 3.15. The number of carbonyl (C=O) groups is 2. The van der Waals surface area contributed by atoms with Gasteiger partial charge in [0.15, 0.2) is 0 Å². The van der Waals surface area contributed by atoms with Gasteiger partial charge in [-0.15, -0.1) is 0 Å². The van der Waals surface area contributed by atoms with E-state index >= 15 is 0 Å². The molecule has 0 rings (SSSR count). The van der Waals surface area contributed by atoms with Crippen molar-refractivity contribution in [2.24, 2.45) is 5.92 Å². The lowest BCUT2D eigenvalue weighted by atomic mass is 10.0. The number of carbonyl (C=O) groups excluding carboxylic acids is 1. The van der Waals surface area contributed by atoms with Crippen LogP contribution >= 0.6 is 0 Å². The molecule has 0 aliphatic rings. The smallest absolute Gasteiger partial charge is 0.314 e. The van der Waals surface area contributed by atoms with Crippen LogP contribution in [0.25, 0.3) is 0 Å². The fourth-order valence-electron chi connectivity index (χ4n) is 1.96. The van der Waals surface area contributed by atoms with Gasteiger partial charge in [0.1, 0.15) is 0 Å². The van der Waals surface area contributed by atoms with E-state index in [1.54, 1.807) is 0 Å². The van der Waals surface area contributed by atoms with Crippen LogP contribution < -0.4 is 10.6 Å². The van der Waals surface area contributed by atoms with Crippen LogP contribution in [-0.2, 0) is 4.79 Å². The maximum absolute atomic E-state index is 11.6. The fraction of sp³-hybridized carbons (Fsp3) is 0.867. The molecular formula is C15H30N2O3. The number of rotatable bonds is 11. The van der Waals surface area contributed by atoms with Gasteiger partial charge in [0.05, 0.1) is 0 Å². The highest BCUT2D eigenvalue weighted by Crippen LogP contribution is 2.08. The van der Waals surface area contributed by atoms with E-state index < -0.39 is 5.97 Å². The molecule has 0 saturated heterocycles. The molecule has 0 fully saturated rings. The lowest BCUT2D eigenvalue weighted by Gasteiger charge is -2.15. The van der Waals surface area contributed by atoms with Gasteiger partial charge in [0, 0.05) is 19.0 Å². The second-order valence-corrected chi connectivity index (χ2v) is 5.83. The molecule has 1 unspecified atom stereocenters. The number of carboxylic acids is 1. The third-order valence-corrected chi connectivity index (χ3v) is 3.15. The monoisotopic (exact) mass is 286 g/mol. The van der Waals surface area contributed by atoms with Gasteiger partial charge in [-0.1, -0.05) is 33.1 Å². The minimum absolute atomic E-state index is 0.125. The first-order chi connectivity index (χ1) is 9.41. The number of hydrogen-bond donors (Lipinski definition) is 3. The Morgan fingerprint density at radius 3 is 2.30 bits per heavy atom. The van der Waals surface area contributed by atoms with Crippen molar-refractivity contribution in [3.8, 4) is 0 Å². The molecule has 1 atom stereocenters. The lowest BCUT2D eigenvalue weighted by Crippen LogP contribution is -2.41. The number of hydrogen-bond acceptors (Lipinski definition) is 2. The Labute approximate surface area is 122 Å². The molecule has 0 spiro atoms. The summed E-state index contributed by atoms with van der Waals surface area (Å²) in [6.07, 6.45) is 5.86. The first-order valence-corrected chi connectivity index (χ1v) is 7.68. The van der Waals surface area contributed by atoms with Crippen molar-refractivity contribution in [1.29, 1.82) is 0 Å². The Bertz CT molecular complexity index is 280. The first-order valence-electron chi connectivity index (χ1n) is 7.68. The Morgan fingerprint density at radius 2 is 1.70 bits per heavy atom. The van der Waals surface area contributed by atoms with Gasteiger partial charge in [-0.3, -0.25) is 4.79 Å². The highest BCUT2D eigenvalue weighted by molar-refractivity contribution is 5.74. The van der Waals surface area contributed by atoms with Crippen LogP contribution in [0.1, 0.15) is 65.7 Å². The van der Waals surface area contributed by atoms with E-state index in [4.69, 9.17) is 5.11 Å². The Morgan fingerprint density at radius 1 is 1.00 bits per heavy atom. The molecular weight excluding hydrogens is 256 g/mol. The van der Waals surface area contributed by atoms with E-state index in [0.717, 1.165) is 25.7 Å². The molecule has 0 bridgehead atoms. The number of urea groups is 1. The number of aliphatic carboxylic acids is 1. The van der Waals surface area contributed by atoms with E-state index in [9.17, 15) is 9.59 Å². The predicted octanol–water partition coefficient (Wildman–Crippen LogP) is 3.15. The number of nitrogens with one attached hydrogen (secondary N) is 2. The van der Waals surface area contributed by atoms with E-state index in [0.29, 0.717) is 18.9 Å². The highest BCUT2D eigenvalue weighted by Gasteiger charge is 2.06. The Hall–Kier alpha value is -1.26. The summed E-state index contributed by atoms with van der Waals surface area (Å²) < 4.78 is 0. The minimum atomic E-state index is -0.758. The van der Waals surface area contributed by atoms with Crippen LogP contribution in [0.2, 0.25) is 0 Å². The van der Waals surface area contributed by atoms with Crippen LogP contribution in [0.4, 0.5) is 4.79 Å².